The topological polar surface area (TPSA) is 81.8 Å². The molecule has 0 saturated heterocycles. The van der Waals surface area contributed by atoms with Crippen molar-refractivity contribution in [3.8, 4) is 11.5 Å². The van der Waals surface area contributed by atoms with Gasteiger partial charge in [0.15, 0.2) is 11.5 Å². The number of hydrogen-bond donors (Lipinski definition) is 2. The third kappa shape index (κ3) is 2.49. The summed E-state index contributed by atoms with van der Waals surface area (Å²) in [4.78, 5) is 11.0. The first kappa shape index (κ1) is 14.5. The molecule has 0 saturated carbocycles. The highest BCUT2D eigenvalue weighted by Gasteiger charge is 2.27. The number of methoxy groups -OCH3 is 2. The number of carboxylic acids is 1. The van der Waals surface area contributed by atoms with Gasteiger partial charge in [0.05, 0.1) is 20.1 Å². The van der Waals surface area contributed by atoms with E-state index in [2.05, 4.69) is 0 Å². The highest BCUT2D eigenvalue weighted by molar-refractivity contribution is 6.32. The lowest BCUT2D eigenvalue weighted by atomic mass is 9.98. The van der Waals surface area contributed by atoms with Gasteiger partial charge in [-0.3, -0.25) is 4.79 Å². The van der Waals surface area contributed by atoms with Gasteiger partial charge in [-0.2, -0.15) is 0 Å². The highest BCUT2D eigenvalue weighted by atomic mass is 35.5. The molecule has 0 bridgehead atoms. The summed E-state index contributed by atoms with van der Waals surface area (Å²) in [5.41, 5.74) is 5.19. The van der Waals surface area contributed by atoms with Crippen molar-refractivity contribution in [3.05, 3.63) is 22.5 Å². The number of aliphatic carboxylic acids is 1. The van der Waals surface area contributed by atoms with Crippen molar-refractivity contribution >= 4 is 17.6 Å². The normalized spacial score (nSPS) is 12.1. The zero-order chi connectivity index (χ0) is 13.9. The largest absolute Gasteiger partial charge is 0.493 e. The molecule has 1 rings (SSSR count). The summed E-state index contributed by atoms with van der Waals surface area (Å²) in [6, 6.07) is 1.23. The predicted octanol–water partition coefficient (Wildman–Crippen LogP) is 1.62. The van der Waals surface area contributed by atoms with E-state index in [9.17, 15) is 9.18 Å². The van der Waals surface area contributed by atoms with Crippen molar-refractivity contribution in [1.82, 2.24) is 0 Å². The Morgan fingerprint density at radius 2 is 2.17 bits per heavy atom. The van der Waals surface area contributed by atoms with Gasteiger partial charge in [0.2, 0.25) is 0 Å². The zero-order valence-corrected chi connectivity index (χ0v) is 10.6. The lowest BCUT2D eigenvalue weighted by Crippen LogP contribution is -2.22. The Kier molecular flexibility index (Phi) is 4.75. The van der Waals surface area contributed by atoms with Gasteiger partial charge in [0.1, 0.15) is 10.8 Å². The number of rotatable bonds is 5. The monoisotopic (exact) mass is 277 g/mol. The maximum Gasteiger partial charge on any atom is 0.312 e. The van der Waals surface area contributed by atoms with Gasteiger partial charge in [-0.15, -0.1) is 0 Å². The van der Waals surface area contributed by atoms with E-state index in [1.54, 1.807) is 0 Å². The smallest absolute Gasteiger partial charge is 0.312 e. The molecule has 18 heavy (non-hydrogen) atoms. The Balaban J connectivity index is 3.46. The van der Waals surface area contributed by atoms with Gasteiger partial charge in [-0.25, -0.2) is 4.39 Å². The van der Waals surface area contributed by atoms with E-state index in [-0.39, 0.29) is 28.6 Å². The minimum Gasteiger partial charge on any atom is -0.493 e. The molecule has 0 aliphatic carbocycles. The minimum atomic E-state index is -1.24. The van der Waals surface area contributed by atoms with Gasteiger partial charge in [0, 0.05) is 12.1 Å². The Morgan fingerprint density at radius 3 is 2.56 bits per heavy atom. The van der Waals surface area contributed by atoms with Crippen molar-refractivity contribution in [1.29, 1.82) is 0 Å². The molecular weight excluding hydrogens is 265 g/mol. The summed E-state index contributed by atoms with van der Waals surface area (Å²) in [5.74, 6) is -3.13. The second-order valence-corrected chi connectivity index (χ2v) is 3.83. The van der Waals surface area contributed by atoms with Crippen molar-refractivity contribution < 1.29 is 23.8 Å². The van der Waals surface area contributed by atoms with Gasteiger partial charge in [0.25, 0.3) is 0 Å². The minimum absolute atomic E-state index is 0.0153. The lowest BCUT2D eigenvalue weighted by molar-refractivity contribution is -0.138. The standard InChI is InChI=1S/C11H13ClFNO4/c1-17-7-3-5(6(4-14)11(15)16)9(13)8(12)10(7)18-2/h3,6H,4,14H2,1-2H3,(H,15,16). The number of hydrogen-bond acceptors (Lipinski definition) is 4. The summed E-state index contributed by atoms with van der Waals surface area (Å²) in [6.07, 6.45) is 0. The molecule has 7 heteroatoms. The predicted molar refractivity (Wildman–Crippen MR) is 63.9 cm³/mol. The quantitative estimate of drug-likeness (QED) is 0.855. The van der Waals surface area contributed by atoms with Crippen LogP contribution >= 0.6 is 11.6 Å². The van der Waals surface area contributed by atoms with E-state index >= 15 is 0 Å². The number of ether oxygens (including phenoxy) is 2. The van der Waals surface area contributed by atoms with Gasteiger partial charge < -0.3 is 20.3 Å². The van der Waals surface area contributed by atoms with E-state index in [0.29, 0.717) is 0 Å². The molecule has 0 aliphatic rings. The van der Waals surface area contributed by atoms with Gasteiger partial charge in [-0.1, -0.05) is 11.6 Å². The Morgan fingerprint density at radius 1 is 1.56 bits per heavy atom. The van der Waals surface area contributed by atoms with Crippen molar-refractivity contribution in [2.45, 2.75) is 5.92 Å². The van der Waals surface area contributed by atoms with Crippen LogP contribution in [-0.4, -0.2) is 31.8 Å². The molecule has 100 valence electrons. The summed E-state index contributed by atoms with van der Waals surface area (Å²) in [6.45, 7) is -0.252. The maximum absolute atomic E-state index is 14.0. The average Bonchev–Trinajstić information content (AvgIpc) is 2.34. The van der Waals surface area contributed by atoms with Crippen molar-refractivity contribution in [3.63, 3.8) is 0 Å². The third-order valence-corrected chi connectivity index (χ3v) is 2.83. The van der Waals surface area contributed by atoms with E-state index in [0.717, 1.165) is 0 Å². The maximum atomic E-state index is 14.0. The van der Waals surface area contributed by atoms with E-state index in [1.807, 2.05) is 0 Å². The molecule has 1 atom stereocenters. The van der Waals surface area contributed by atoms with Gasteiger partial charge >= 0.3 is 5.97 Å². The van der Waals surface area contributed by atoms with Crippen LogP contribution in [0.25, 0.3) is 0 Å². The highest BCUT2D eigenvalue weighted by Crippen LogP contribution is 2.40. The number of benzene rings is 1. The average molecular weight is 278 g/mol. The summed E-state index contributed by atoms with van der Waals surface area (Å²) in [7, 11) is 2.65. The fraction of sp³-hybridized carbons (Fsp3) is 0.364. The first-order valence-corrected chi connectivity index (χ1v) is 5.38. The molecule has 1 aromatic carbocycles. The number of nitrogens with two attached hydrogens (primary N) is 1. The molecule has 5 nitrogen and oxygen atoms in total. The Bertz CT molecular complexity index is 467. The molecule has 0 aromatic heterocycles. The fourth-order valence-corrected chi connectivity index (χ4v) is 1.84. The van der Waals surface area contributed by atoms with Crippen molar-refractivity contribution in [2.75, 3.05) is 20.8 Å². The second-order valence-electron chi connectivity index (χ2n) is 3.46. The molecule has 1 aromatic rings. The first-order valence-electron chi connectivity index (χ1n) is 5.00. The van der Waals surface area contributed by atoms with E-state index in [1.165, 1.54) is 20.3 Å². The Hall–Kier alpha value is -1.53. The van der Waals surface area contributed by atoms with Crippen molar-refractivity contribution in [2.24, 2.45) is 5.73 Å². The van der Waals surface area contributed by atoms with E-state index in [4.69, 9.17) is 31.9 Å². The fourth-order valence-electron chi connectivity index (χ4n) is 1.56. The molecule has 0 aliphatic heterocycles. The molecule has 0 radical (unpaired) electrons. The number of halogens is 2. The molecule has 0 spiro atoms. The summed E-state index contributed by atoms with van der Waals surface area (Å²) in [5, 5.41) is 8.64. The molecule has 0 heterocycles. The lowest BCUT2D eigenvalue weighted by Gasteiger charge is -2.16. The van der Waals surface area contributed by atoms with Crippen LogP contribution in [-0.2, 0) is 4.79 Å². The number of carboxylic acid groups (broad SMARTS) is 1. The van der Waals surface area contributed by atoms with E-state index < -0.39 is 17.7 Å². The molecule has 0 fully saturated rings. The van der Waals surface area contributed by atoms with Crippen LogP contribution in [0.3, 0.4) is 0 Å². The van der Waals surface area contributed by atoms with Crippen LogP contribution in [0, 0.1) is 5.82 Å². The van der Waals surface area contributed by atoms with Crippen LogP contribution in [0.4, 0.5) is 4.39 Å². The first-order chi connectivity index (χ1) is 8.47. The summed E-state index contributed by atoms with van der Waals surface area (Å²) >= 11 is 5.77. The van der Waals surface area contributed by atoms with Crippen LogP contribution in [0.5, 0.6) is 11.5 Å². The molecule has 1 unspecified atom stereocenters. The SMILES string of the molecule is COc1cc(C(CN)C(=O)O)c(F)c(Cl)c1OC. The summed E-state index contributed by atoms with van der Waals surface area (Å²) < 4.78 is 23.9. The molecule has 0 amide bonds. The van der Waals surface area contributed by atoms with Crippen LogP contribution < -0.4 is 15.2 Å². The molecular formula is C11H13ClFNO4. The number of carbonyl (C=O) groups is 1. The van der Waals surface area contributed by atoms with Crippen LogP contribution in [0.2, 0.25) is 5.02 Å². The van der Waals surface area contributed by atoms with Crippen LogP contribution in [0.1, 0.15) is 11.5 Å². The van der Waals surface area contributed by atoms with Crippen LogP contribution in [0.15, 0.2) is 6.07 Å². The van der Waals surface area contributed by atoms with Gasteiger partial charge in [-0.05, 0) is 6.07 Å². The Labute approximate surface area is 108 Å². The second kappa shape index (κ2) is 5.88. The molecule has 3 N–H and O–H groups in total. The zero-order valence-electron chi connectivity index (χ0n) is 9.87. The third-order valence-electron chi connectivity index (χ3n) is 2.49.